The largest absolute Gasteiger partial charge is 0.465 e. The van der Waals surface area contributed by atoms with Crippen LogP contribution in [0.2, 0.25) is 0 Å². The third-order valence-electron chi connectivity index (χ3n) is 4.12. The van der Waals surface area contributed by atoms with Gasteiger partial charge in [0, 0.05) is 0 Å². The van der Waals surface area contributed by atoms with Crippen molar-refractivity contribution in [3.63, 3.8) is 0 Å². The number of ether oxygens (including phenoxy) is 2. The highest BCUT2D eigenvalue weighted by molar-refractivity contribution is 6.00. The average Bonchev–Trinajstić information content (AvgIpc) is 2.48. The van der Waals surface area contributed by atoms with E-state index in [-0.39, 0.29) is 13.2 Å². The zero-order valence-electron chi connectivity index (χ0n) is 14.4. The Hall–Kier alpha value is -1.06. The van der Waals surface area contributed by atoms with E-state index in [1.165, 1.54) is 0 Å². The fourth-order valence-corrected chi connectivity index (χ4v) is 2.66. The lowest BCUT2D eigenvalue weighted by atomic mass is 9.75. The van der Waals surface area contributed by atoms with E-state index < -0.39 is 17.4 Å². The number of esters is 2. The Kier molecular flexibility index (Phi) is 10.1. The van der Waals surface area contributed by atoms with Crippen molar-refractivity contribution in [3.05, 3.63) is 0 Å². The summed E-state index contributed by atoms with van der Waals surface area (Å²) in [5.74, 6) is -0.513. The van der Waals surface area contributed by atoms with Crippen LogP contribution in [0.15, 0.2) is 0 Å². The van der Waals surface area contributed by atoms with Gasteiger partial charge in [-0.15, -0.1) is 0 Å². The molecular formula is C17H32O4. The molecule has 0 aliphatic heterocycles. The van der Waals surface area contributed by atoms with Crippen molar-refractivity contribution in [2.45, 2.75) is 73.1 Å². The zero-order valence-corrected chi connectivity index (χ0v) is 14.4. The maximum Gasteiger partial charge on any atom is 0.323 e. The monoisotopic (exact) mass is 300 g/mol. The van der Waals surface area contributed by atoms with E-state index in [9.17, 15) is 9.59 Å². The second kappa shape index (κ2) is 10.6. The van der Waals surface area contributed by atoms with Crippen molar-refractivity contribution < 1.29 is 19.1 Å². The molecule has 0 aliphatic rings. The molecule has 0 radical (unpaired) electrons. The smallest absolute Gasteiger partial charge is 0.323 e. The summed E-state index contributed by atoms with van der Waals surface area (Å²) < 4.78 is 10.4. The van der Waals surface area contributed by atoms with Crippen LogP contribution in [-0.2, 0) is 19.1 Å². The minimum Gasteiger partial charge on any atom is -0.465 e. The number of hydrogen-bond acceptors (Lipinski definition) is 4. The molecule has 124 valence electrons. The molecule has 1 unspecified atom stereocenters. The minimum absolute atomic E-state index is 0.283. The number of carbonyl (C=O) groups excluding carboxylic acids is 2. The topological polar surface area (TPSA) is 52.6 Å². The highest BCUT2D eigenvalue weighted by Gasteiger charge is 2.48. The normalized spacial score (nSPS) is 12.8. The fraction of sp³-hybridized carbons (Fsp3) is 0.882. The van der Waals surface area contributed by atoms with Crippen molar-refractivity contribution in [2.75, 3.05) is 13.2 Å². The fourth-order valence-electron chi connectivity index (χ4n) is 2.66. The third kappa shape index (κ3) is 5.68. The summed E-state index contributed by atoms with van der Waals surface area (Å²) in [7, 11) is 0. The summed E-state index contributed by atoms with van der Waals surface area (Å²) in [4.78, 5) is 24.8. The highest BCUT2D eigenvalue weighted by Crippen LogP contribution is 2.36. The van der Waals surface area contributed by atoms with E-state index >= 15 is 0 Å². The summed E-state index contributed by atoms with van der Waals surface area (Å²) in [5, 5.41) is 0. The minimum atomic E-state index is -1.14. The van der Waals surface area contributed by atoms with Crippen LogP contribution in [0.3, 0.4) is 0 Å². The van der Waals surface area contributed by atoms with Gasteiger partial charge in [-0.1, -0.05) is 46.5 Å². The first-order valence-corrected chi connectivity index (χ1v) is 8.36. The molecule has 0 aromatic carbocycles. The van der Waals surface area contributed by atoms with Gasteiger partial charge in [-0.05, 0) is 32.6 Å². The number of carbonyl (C=O) groups is 2. The van der Waals surface area contributed by atoms with Crippen molar-refractivity contribution in [2.24, 2.45) is 11.3 Å². The molecule has 0 bridgehead atoms. The standard InChI is InChI=1S/C17H32O4/c1-6-11-12-14(7-2)13-17(8-3,15(18)20-9-4)16(19)21-10-5/h14H,6-13H2,1-5H3. The molecule has 0 spiro atoms. The molecule has 0 saturated heterocycles. The molecule has 4 nitrogen and oxygen atoms in total. The summed E-state index contributed by atoms with van der Waals surface area (Å²) >= 11 is 0. The van der Waals surface area contributed by atoms with E-state index in [0.717, 1.165) is 25.7 Å². The Morgan fingerprint density at radius 2 is 1.48 bits per heavy atom. The van der Waals surface area contributed by atoms with E-state index in [1.54, 1.807) is 13.8 Å². The predicted octanol–water partition coefficient (Wildman–Crippen LogP) is 4.12. The van der Waals surface area contributed by atoms with Gasteiger partial charge in [0.05, 0.1) is 13.2 Å². The second-order valence-electron chi connectivity index (χ2n) is 5.50. The van der Waals surface area contributed by atoms with Gasteiger partial charge in [-0.25, -0.2) is 0 Å². The van der Waals surface area contributed by atoms with Gasteiger partial charge in [0.2, 0.25) is 0 Å². The van der Waals surface area contributed by atoms with Crippen LogP contribution in [0.1, 0.15) is 73.1 Å². The average molecular weight is 300 g/mol. The Morgan fingerprint density at radius 1 is 0.952 bits per heavy atom. The molecule has 4 heteroatoms. The van der Waals surface area contributed by atoms with Gasteiger partial charge in [-0.3, -0.25) is 9.59 Å². The van der Waals surface area contributed by atoms with Crippen molar-refractivity contribution in [3.8, 4) is 0 Å². The summed E-state index contributed by atoms with van der Waals surface area (Å²) in [6.07, 6.45) is 5.18. The van der Waals surface area contributed by atoms with Gasteiger partial charge in [0.25, 0.3) is 0 Å². The van der Waals surface area contributed by atoms with Gasteiger partial charge in [-0.2, -0.15) is 0 Å². The summed E-state index contributed by atoms with van der Waals surface area (Å²) in [6, 6.07) is 0. The molecule has 0 amide bonds. The van der Waals surface area contributed by atoms with Crippen molar-refractivity contribution >= 4 is 11.9 Å². The Bertz CT molecular complexity index is 294. The molecule has 0 heterocycles. The molecule has 21 heavy (non-hydrogen) atoms. The number of unbranched alkanes of at least 4 members (excludes halogenated alkanes) is 1. The number of rotatable bonds is 11. The molecule has 0 aliphatic carbocycles. The third-order valence-corrected chi connectivity index (χ3v) is 4.12. The molecule has 0 fully saturated rings. The Labute approximate surface area is 129 Å². The zero-order chi connectivity index (χ0) is 16.3. The molecule has 0 saturated carbocycles. The molecular weight excluding hydrogens is 268 g/mol. The van der Waals surface area contributed by atoms with Crippen LogP contribution >= 0.6 is 0 Å². The first-order valence-electron chi connectivity index (χ1n) is 8.36. The summed E-state index contributed by atoms with van der Waals surface area (Å²) in [5.41, 5.74) is -1.14. The number of hydrogen-bond donors (Lipinski definition) is 0. The van der Waals surface area contributed by atoms with E-state index in [1.807, 2.05) is 6.92 Å². The van der Waals surface area contributed by atoms with Crippen LogP contribution in [0.25, 0.3) is 0 Å². The molecule has 0 aromatic heterocycles. The van der Waals surface area contributed by atoms with Gasteiger partial charge in [0.15, 0.2) is 5.41 Å². The molecule has 1 atom stereocenters. The van der Waals surface area contributed by atoms with E-state index in [4.69, 9.17) is 9.47 Å². The van der Waals surface area contributed by atoms with Crippen molar-refractivity contribution in [1.29, 1.82) is 0 Å². The summed E-state index contributed by atoms with van der Waals surface area (Å²) in [6.45, 7) is 10.2. The SMILES string of the molecule is CCCCC(CC)CC(CC)(C(=O)OCC)C(=O)OCC. The first-order chi connectivity index (χ1) is 10.0. The van der Waals surface area contributed by atoms with E-state index in [0.29, 0.717) is 18.8 Å². The van der Waals surface area contributed by atoms with Crippen LogP contribution in [0.5, 0.6) is 0 Å². The van der Waals surface area contributed by atoms with Crippen LogP contribution < -0.4 is 0 Å². The van der Waals surface area contributed by atoms with Crippen LogP contribution in [0, 0.1) is 11.3 Å². The van der Waals surface area contributed by atoms with E-state index in [2.05, 4.69) is 13.8 Å². The molecule has 0 aromatic rings. The van der Waals surface area contributed by atoms with Crippen molar-refractivity contribution in [1.82, 2.24) is 0 Å². The second-order valence-corrected chi connectivity index (χ2v) is 5.50. The van der Waals surface area contributed by atoms with Gasteiger partial charge >= 0.3 is 11.9 Å². The van der Waals surface area contributed by atoms with Crippen LogP contribution in [-0.4, -0.2) is 25.2 Å². The lowest BCUT2D eigenvalue weighted by Crippen LogP contribution is -2.43. The van der Waals surface area contributed by atoms with Gasteiger partial charge < -0.3 is 9.47 Å². The maximum atomic E-state index is 12.4. The Balaban J connectivity index is 5.24. The highest BCUT2D eigenvalue weighted by atomic mass is 16.6. The van der Waals surface area contributed by atoms with Gasteiger partial charge in [0.1, 0.15) is 0 Å². The molecule has 0 rings (SSSR count). The lowest BCUT2D eigenvalue weighted by Gasteiger charge is -2.31. The molecule has 0 N–H and O–H groups in total. The quantitative estimate of drug-likeness (QED) is 0.425. The van der Waals surface area contributed by atoms with Crippen LogP contribution in [0.4, 0.5) is 0 Å². The lowest BCUT2D eigenvalue weighted by molar-refractivity contribution is -0.174. The first kappa shape index (κ1) is 19.9. The predicted molar refractivity (Wildman–Crippen MR) is 83.9 cm³/mol. The Morgan fingerprint density at radius 3 is 1.81 bits per heavy atom. The maximum absolute atomic E-state index is 12.4.